The number of carbonyl (C=O) groups is 1. The fraction of sp³-hybridized carbons (Fsp3) is 0.562. The second-order valence-electron chi connectivity index (χ2n) is 5.67. The number of nitrogens with zero attached hydrogens (tertiary/aromatic N) is 2. The standard InChI is InChI=1S/C16H24ClN3O4S/c17-14-3-2-13(12-15(14)21)25-20(5-1-4-18-16(22)23)7-6-19-8-10-24-11-9-19/h2-3,12,18,21H,1,4-11H2,(H,22,23). The Hall–Kier alpha value is -1.19. The van der Waals surface area contributed by atoms with Crippen LogP contribution >= 0.6 is 23.5 Å². The zero-order chi connectivity index (χ0) is 18.1. The van der Waals surface area contributed by atoms with E-state index in [1.165, 1.54) is 0 Å². The lowest BCUT2D eigenvalue weighted by molar-refractivity contribution is 0.0365. The van der Waals surface area contributed by atoms with Crippen LogP contribution in [0.5, 0.6) is 5.75 Å². The minimum Gasteiger partial charge on any atom is -0.506 e. The molecule has 1 aromatic rings. The van der Waals surface area contributed by atoms with E-state index in [9.17, 15) is 9.90 Å². The van der Waals surface area contributed by atoms with Gasteiger partial charge in [-0.05, 0) is 36.6 Å². The molecule has 0 atom stereocenters. The molecule has 140 valence electrons. The van der Waals surface area contributed by atoms with Crippen molar-refractivity contribution in [2.75, 3.05) is 52.5 Å². The van der Waals surface area contributed by atoms with E-state index in [2.05, 4.69) is 14.5 Å². The van der Waals surface area contributed by atoms with Crippen molar-refractivity contribution in [2.24, 2.45) is 0 Å². The maximum Gasteiger partial charge on any atom is 0.404 e. The Morgan fingerprint density at radius 3 is 2.80 bits per heavy atom. The first-order valence-corrected chi connectivity index (χ1v) is 9.38. The highest BCUT2D eigenvalue weighted by atomic mass is 35.5. The summed E-state index contributed by atoms with van der Waals surface area (Å²) in [5.41, 5.74) is 0. The number of ether oxygens (including phenoxy) is 1. The molecule has 3 N–H and O–H groups in total. The number of halogens is 1. The number of nitrogens with one attached hydrogen (secondary N) is 1. The van der Waals surface area contributed by atoms with Gasteiger partial charge in [0.2, 0.25) is 0 Å². The monoisotopic (exact) mass is 389 g/mol. The van der Waals surface area contributed by atoms with E-state index in [1.54, 1.807) is 24.1 Å². The molecule has 0 radical (unpaired) electrons. The third kappa shape index (κ3) is 7.70. The molecule has 0 unspecified atom stereocenters. The Balaban J connectivity index is 1.87. The molecule has 1 aliphatic heterocycles. The summed E-state index contributed by atoms with van der Waals surface area (Å²) in [5.74, 6) is 0.0624. The van der Waals surface area contributed by atoms with Gasteiger partial charge in [-0.3, -0.25) is 4.90 Å². The van der Waals surface area contributed by atoms with Crippen LogP contribution in [0.4, 0.5) is 4.79 Å². The lowest BCUT2D eigenvalue weighted by Gasteiger charge is -2.29. The van der Waals surface area contributed by atoms with Crippen LogP contribution < -0.4 is 5.32 Å². The molecule has 0 spiro atoms. The minimum absolute atomic E-state index is 0.0624. The molecule has 0 aromatic heterocycles. The number of amides is 1. The van der Waals surface area contributed by atoms with E-state index < -0.39 is 6.09 Å². The Bertz CT molecular complexity index is 558. The SMILES string of the molecule is O=C(O)NCCCN(CCN1CCOCC1)Sc1ccc(Cl)c(O)c1. The highest BCUT2D eigenvalue weighted by molar-refractivity contribution is 7.97. The second-order valence-corrected chi connectivity index (χ2v) is 7.25. The molecule has 7 nitrogen and oxygen atoms in total. The molecule has 25 heavy (non-hydrogen) atoms. The number of rotatable bonds is 9. The van der Waals surface area contributed by atoms with Gasteiger partial charge < -0.3 is 20.3 Å². The first-order chi connectivity index (χ1) is 12.0. The fourth-order valence-corrected chi connectivity index (χ4v) is 3.53. The average molecular weight is 390 g/mol. The van der Waals surface area contributed by atoms with Gasteiger partial charge >= 0.3 is 6.09 Å². The van der Waals surface area contributed by atoms with Crippen molar-refractivity contribution >= 4 is 29.6 Å². The van der Waals surface area contributed by atoms with Gasteiger partial charge in [-0.25, -0.2) is 9.10 Å². The van der Waals surface area contributed by atoms with Crippen molar-refractivity contribution in [1.29, 1.82) is 0 Å². The fourth-order valence-electron chi connectivity index (χ4n) is 2.43. The van der Waals surface area contributed by atoms with Gasteiger partial charge in [0, 0.05) is 44.2 Å². The summed E-state index contributed by atoms with van der Waals surface area (Å²) < 4.78 is 7.55. The van der Waals surface area contributed by atoms with Crippen LogP contribution in [0.15, 0.2) is 23.1 Å². The second kappa shape index (κ2) is 10.7. The lowest BCUT2D eigenvalue weighted by Crippen LogP contribution is -2.40. The third-order valence-corrected chi connectivity index (χ3v) is 5.19. The predicted molar refractivity (Wildman–Crippen MR) is 98.5 cm³/mol. The number of carboxylic acid groups (broad SMARTS) is 1. The third-order valence-electron chi connectivity index (χ3n) is 3.78. The van der Waals surface area contributed by atoms with Crippen LogP contribution in [0, 0.1) is 0 Å². The normalized spacial score (nSPS) is 15.4. The van der Waals surface area contributed by atoms with E-state index in [4.69, 9.17) is 21.4 Å². The van der Waals surface area contributed by atoms with Crippen molar-refractivity contribution < 1.29 is 19.7 Å². The van der Waals surface area contributed by atoms with Crippen LogP contribution in [-0.4, -0.2) is 78.0 Å². The van der Waals surface area contributed by atoms with Gasteiger partial charge in [-0.15, -0.1) is 0 Å². The van der Waals surface area contributed by atoms with E-state index >= 15 is 0 Å². The summed E-state index contributed by atoms with van der Waals surface area (Å²) in [7, 11) is 0. The molecule has 1 fully saturated rings. The molecule has 1 amide bonds. The summed E-state index contributed by atoms with van der Waals surface area (Å²) in [6.07, 6.45) is -0.294. The zero-order valence-electron chi connectivity index (χ0n) is 14.0. The van der Waals surface area contributed by atoms with Gasteiger partial charge in [-0.2, -0.15) is 0 Å². The Morgan fingerprint density at radius 1 is 1.36 bits per heavy atom. The molecule has 1 heterocycles. The molecule has 2 rings (SSSR count). The quantitative estimate of drug-likeness (QED) is 0.441. The van der Waals surface area contributed by atoms with Crippen LogP contribution in [0.2, 0.25) is 5.02 Å². The average Bonchev–Trinajstić information content (AvgIpc) is 2.60. The zero-order valence-corrected chi connectivity index (χ0v) is 15.6. The molecule has 9 heteroatoms. The van der Waals surface area contributed by atoms with E-state index in [0.29, 0.717) is 18.0 Å². The highest BCUT2D eigenvalue weighted by Gasteiger charge is 2.14. The summed E-state index contributed by atoms with van der Waals surface area (Å²) >= 11 is 7.40. The van der Waals surface area contributed by atoms with Crippen LogP contribution in [0.1, 0.15) is 6.42 Å². The minimum atomic E-state index is -1.00. The smallest absolute Gasteiger partial charge is 0.404 e. The maximum absolute atomic E-state index is 10.5. The molecule has 0 saturated carbocycles. The molecule has 0 aliphatic carbocycles. The predicted octanol–water partition coefficient (Wildman–Crippen LogP) is 2.34. The van der Waals surface area contributed by atoms with Crippen molar-refractivity contribution in [1.82, 2.24) is 14.5 Å². The number of hydrogen-bond donors (Lipinski definition) is 3. The molecule has 1 aliphatic rings. The van der Waals surface area contributed by atoms with E-state index in [0.717, 1.165) is 50.8 Å². The number of benzene rings is 1. The summed E-state index contributed by atoms with van der Waals surface area (Å²) in [6.45, 7) is 6.29. The first-order valence-electron chi connectivity index (χ1n) is 8.23. The van der Waals surface area contributed by atoms with Crippen molar-refractivity contribution in [3.05, 3.63) is 23.2 Å². The Kier molecular flexibility index (Phi) is 8.63. The summed E-state index contributed by atoms with van der Waals surface area (Å²) in [6, 6.07) is 5.18. The van der Waals surface area contributed by atoms with Crippen molar-refractivity contribution in [3.63, 3.8) is 0 Å². The first kappa shape index (κ1) is 20.1. The summed E-state index contributed by atoms with van der Waals surface area (Å²) in [4.78, 5) is 13.8. The van der Waals surface area contributed by atoms with Gasteiger partial charge in [0.05, 0.1) is 18.2 Å². The van der Waals surface area contributed by atoms with Gasteiger partial charge in [-0.1, -0.05) is 11.6 Å². The molecule has 0 bridgehead atoms. The number of hydrogen-bond acceptors (Lipinski definition) is 6. The molecule has 1 saturated heterocycles. The highest BCUT2D eigenvalue weighted by Crippen LogP contribution is 2.30. The van der Waals surface area contributed by atoms with E-state index in [-0.39, 0.29) is 5.75 Å². The molecular weight excluding hydrogens is 366 g/mol. The number of morpholine rings is 1. The number of phenols is 1. The summed E-state index contributed by atoms with van der Waals surface area (Å²) in [5, 5.41) is 21.1. The van der Waals surface area contributed by atoms with Crippen molar-refractivity contribution in [3.8, 4) is 5.75 Å². The Labute approximate surface area is 157 Å². The van der Waals surface area contributed by atoms with Gasteiger partial charge in [0.15, 0.2) is 0 Å². The van der Waals surface area contributed by atoms with E-state index in [1.807, 2.05) is 6.07 Å². The topological polar surface area (TPSA) is 85.3 Å². The van der Waals surface area contributed by atoms with Gasteiger partial charge in [0.25, 0.3) is 0 Å². The molecule has 1 aromatic carbocycles. The number of phenolic OH excluding ortho intramolecular Hbond substituents is 1. The maximum atomic E-state index is 10.5. The molecular formula is C16H24ClN3O4S. The van der Waals surface area contributed by atoms with Crippen molar-refractivity contribution in [2.45, 2.75) is 11.3 Å². The Morgan fingerprint density at radius 2 is 2.12 bits per heavy atom. The largest absolute Gasteiger partial charge is 0.506 e. The van der Waals surface area contributed by atoms with Crippen LogP contribution in [-0.2, 0) is 4.74 Å². The van der Waals surface area contributed by atoms with Crippen LogP contribution in [0.3, 0.4) is 0 Å². The van der Waals surface area contributed by atoms with Crippen LogP contribution in [0.25, 0.3) is 0 Å². The van der Waals surface area contributed by atoms with Gasteiger partial charge in [0.1, 0.15) is 5.75 Å². The number of aromatic hydroxyl groups is 1. The lowest BCUT2D eigenvalue weighted by atomic mass is 10.3.